The third-order valence-corrected chi connectivity index (χ3v) is 5.08. The molecule has 0 aliphatic rings. The Labute approximate surface area is 205 Å². The number of ether oxygens (including phenoxy) is 1. The van der Waals surface area contributed by atoms with Gasteiger partial charge in [-0.2, -0.15) is 0 Å². The SMILES string of the molecule is CC(C)C(=C/N)/C=C(\N)Nc1ccc2ncc(-c3ccnc(N(C)C(=O)OC(C)(C)C)c3)cc2n1. The molecule has 35 heavy (non-hydrogen) atoms. The van der Waals surface area contributed by atoms with Gasteiger partial charge in [0.05, 0.1) is 11.0 Å². The van der Waals surface area contributed by atoms with Gasteiger partial charge in [-0.25, -0.2) is 14.8 Å². The molecule has 0 bridgehead atoms. The van der Waals surface area contributed by atoms with Crippen LogP contribution in [0.3, 0.4) is 0 Å². The van der Waals surface area contributed by atoms with E-state index in [-0.39, 0.29) is 5.92 Å². The highest BCUT2D eigenvalue weighted by molar-refractivity contribution is 5.87. The van der Waals surface area contributed by atoms with Crippen LogP contribution >= 0.6 is 0 Å². The van der Waals surface area contributed by atoms with Crippen molar-refractivity contribution < 1.29 is 9.53 Å². The van der Waals surface area contributed by atoms with Gasteiger partial charge in [-0.05, 0) is 80.4 Å². The number of nitrogens with one attached hydrogen (secondary N) is 1. The van der Waals surface area contributed by atoms with Crippen LogP contribution < -0.4 is 21.7 Å². The second-order valence-electron chi connectivity index (χ2n) is 9.45. The molecular formula is C26H33N7O2. The lowest BCUT2D eigenvalue weighted by molar-refractivity contribution is 0.0588. The average Bonchev–Trinajstić information content (AvgIpc) is 2.80. The highest BCUT2D eigenvalue weighted by Gasteiger charge is 2.21. The first kappa shape index (κ1) is 25.5. The van der Waals surface area contributed by atoms with Gasteiger partial charge in [0.25, 0.3) is 0 Å². The summed E-state index contributed by atoms with van der Waals surface area (Å²) in [5, 5.41) is 3.10. The molecule has 184 valence electrons. The highest BCUT2D eigenvalue weighted by Crippen LogP contribution is 2.26. The largest absolute Gasteiger partial charge is 0.443 e. The van der Waals surface area contributed by atoms with Crippen LogP contribution in [-0.4, -0.2) is 33.7 Å². The normalized spacial score (nSPS) is 12.7. The Bertz CT molecular complexity index is 1280. The fraction of sp³-hybridized carbons (Fsp3) is 0.308. The Balaban J connectivity index is 1.88. The van der Waals surface area contributed by atoms with E-state index >= 15 is 0 Å². The van der Waals surface area contributed by atoms with Gasteiger partial charge in [-0.3, -0.25) is 9.88 Å². The number of fused-ring (bicyclic) bond motifs is 1. The Morgan fingerprint density at radius 1 is 1.11 bits per heavy atom. The van der Waals surface area contributed by atoms with E-state index in [1.807, 2.05) is 65.0 Å². The molecule has 9 nitrogen and oxygen atoms in total. The van der Waals surface area contributed by atoms with Crippen molar-refractivity contribution in [2.45, 2.75) is 40.2 Å². The van der Waals surface area contributed by atoms with E-state index in [0.717, 1.165) is 22.2 Å². The summed E-state index contributed by atoms with van der Waals surface area (Å²) in [6.45, 7) is 9.54. The van der Waals surface area contributed by atoms with Crippen LogP contribution in [0.1, 0.15) is 34.6 Å². The van der Waals surface area contributed by atoms with E-state index in [9.17, 15) is 4.79 Å². The highest BCUT2D eigenvalue weighted by atomic mass is 16.6. The zero-order valence-corrected chi connectivity index (χ0v) is 21.0. The molecule has 9 heteroatoms. The number of anilines is 2. The van der Waals surface area contributed by atoms with Gasteiger partial charge >= 0.3 is 6.09 Å². The van der Waals surface area contributed by atoms with Gasteiger partial charge < -0.3 is 21.5 Å². The van der Waals surface area contributed by atoms with Crippen molar-refractivity contribution in [3.05, 3.63) is 66.4 Å². The van der Waals surface area contributed by atoms with Gasteiger partial charge in [0, 0.05) is 25.0 Å². The first-order chi connectivity index (χ1) is 16.5. The monoisotopic (exact) mass is 475 g/mol. The van der Waals surface area contributed by atoms with Crippen LogP contribution in [0.2, 0.25) is 0 Å². The first-order valence-corrected chi connectivity index (χ1v) is 11.3. The van der Waals surface area contributed by atoms with Crippen LogP contribution in [0.5, 0.6) is 0 Å². The smallest absolute Gasteiger partial charge is 0.415 e. The van der Waals surface area contributed by atoms with Crippen molar-refractivity contribution in [2.24, 2.45) is 17.4 Å². The van der Waals surface area contributed by atoms with Crippen LogP contribution in [0.25, 0.3) is 22.2 Å². The number of pyridine rings is 3. The minimum atomic E-state index is -0.599. The number of nitrogens with two attached hydrogens (primary N) is 2. The number of carbonyl (C=O) groups is 1. The van der Waals surface area contributed by atoms with E-state index in [4.69, 9.17) is 16.2 Å². The fourth-order valence-electron chi connectivity index (χ4n) is 3.21. The lowest BCUT2D eigenvalue weighted by Crippen LogP contribution is -2.34. The summed E-state index contributed by atoms with van der Waals surface area (Å²) < 4.78 is 5.44. The molecule has 0 saturated heterocycles. The second-order valence-corrected chi connectivity index (χ2v) is 9.45. The number of hydrogen-bond donors (Lipinski definition) is 3. The van der Waals surface area contributed by atoms with Crippen LogP contribution in [0, 0.1) is 5.92 Å². The maximum Gasteiger partial charge on any atom is 0.415 e. The van der Waals surface area contributed by atoms with E-state index < -0.39 is 11.7 Å². The summed E-state index contributed by atoms with van der Waals surface area (Å²) in [7, 11) is 1.63. The summed E-state index contributed by atoms with van der Waals surface area (Å²) in [6, 6.07) is 9.28. The molecule has 0 unspecified atom stereocenters. The predicted octanol–water partition coefficient (Wildman–Crippen LogP) is 4.77. The first-order valence-electron chi connectivity index (χ1n) is 11.3. The number of hydrogen-bond acceptors (Lipinski definition) is 8. The summed E-state index contributed by atoms with van der Waals surface area (Å²) in [6.07, 6.45) is 6.27. The van der Waals surface area contributed by atoms with Crippen molar-refractivity contribution >= 4 is 28.8 Å². The van der Waals surface area contributed by atoms with Gasteiger partial charge in [0.1, 0.15) is 23.1 Å². The van der Waals surface area contributed by atoms with Crippen LogP contribution in [-0.2, 0) is 4.74 Å². The number of amides is 1. The van der Waals surface area contributed by atoms with Crippen LogP contribution in [0.4, 0.5) is 16.4 Å². The van der Waals surface area contributed by atoms with E-state index in [1.54, 1.807) is 31.7 Å². The second kappa shape index (κ2) is 10.4. The molecule has 0 fully saturated rings. The van der Waals surface area contributed by atoms with E-state index in [2.05, 4.69) is 20.3 Å². The zero-order chi connectivity index (χ0) is 25.8. The molecular weight excluding hydrogens is 442 g/mol. The molecule has 3 aromatic rings. The summed E-state index contributed by atoms with van der Waals surface area (Å²) in [5.41, 5.74) is 15.3. The fourth-order valence-corrected chi connectivity index (χ4v) is 3.21. The van der Waals surface area contributed by atoms with Crippen molar-refractivity contribution in [3.8, 4) is 11.1 Å². The average molecular weight is 476 g/mol. The van der Waals surface area contributed by atoms with Gasteiger partial charge in [-0.1, -0.05) is 13.8 Å². The Hall–Kier alpha value is -4.14. The van der Waals surface area contributed by atoms with E-state index in [1.165, 1.54) is 4.90 Å². The van der Waals surface area contributed by atoms with Gasteiger partial charge in [0.15, 0.2) is 0 Å². The van der Waals surface area contributed by atoms with Crippen molar-refractivity contribution in [1.82, 2.24) is 15.0 Å². The molecule has 0 aliphatic carbocycles. The van der Waals surface area contributed by atoms with Gasteiger partial charge in [-0.15, -0.1) is 0 Å². The molecule has 0 aromatic carbocycles. The number of rotatable bonds is 6. The molecule has 3 rings (SSSR count). The lowest BCUT2D eigenvalue weighted by atomic mass is 10.0. The van der Waals surface area contributed by atoms with Crippen LogP contribution in [0.15, 0.2) is 66.4 Å². The molecule has 0 atom stereocenters. The molecule has 3 heterocycles. The maximum absolute atomic E-state index is 12.4. The zero-order valence-electron chi connectivity index (χ0n) is 21.0. The maximum atomic E-state index is 12.4. The third-order valence-electron chi connectivity index (χ3n) is 5.08. The molecule has 0 spiro atoms. The topological polar surface area (TPSA) is 132 Å². The lowest BCUT2D eigenvalue weighted by Gasteiger charge is -2.24. The van der Waals surface area contributed by atoms with E-state index in [0.29, 0.717) is 23.0 Å². The Morgan fingerprint density at radius 2 is 1.86 bits per heavy atom. The third kappa shape index (κ3) is 6.69. The number of allylic oxidation sites excluding steroid dienone is 2. The van der Waals surface area contributed by atoms with Crippen molar-refractivity contribution in [3.63, 3.8) is 0 Å². The van der Waals surface area contributed by atoms with Crippen molar-refractivity contribution in [2.75, 3.05) is 17.3 Å². The van der Waals surface area contributed by atoms with Crippen molar-refractivity contribution in [1.29, 1.82) is 0 Å². The summed E-state index contributed by atoms with van der Waals surface area (Å²) >= 11 is 0. The van der Waals surface area contributed by atoms with Gasteiger partial charge in [0.2, 0.25) is 0 Å². The number of aromatic nitrogens is 3. The molecule has 3 aromatic heterocycles. The number of carbonyl (C=O) groups excluding carboxylic acids is 1. The Morgan fingerprint density at radius 3 is 2.51 bits per heavy atom. The molecule has 0 saturated carbocycles. The molecule has 0 radical (unpaired) electrons. The molecule has 5 N–H and O–H groups in total. The summed E-state index contributed by atoms with van der Waals surface area (Å²) in [4.78, 5) is 27.3. The minimum Gasteiger partial charge on any atom is -0.443 e. The quantitative estimate of drug-likeness (QED) is 0.434. The predicted molar refractivity (Wildman–Crippen MR) is 140 cm³/mol. The molecule has 1 amide bonds. The summed E-state index contributed by atoms with van der Waals surface area (Å²) in [5.74, 6) is 1.74. The molecule has 0 aliphatic heterocycles. The Kier molecular flexibility index (Phi) is 7.58. The standard InChI is InChI=1S/C26H33N7O2/c1-16(2)18(14-27)12-22(28)32-23-8-7-20-21(31-23)11-19(15-30-20)17-9-10-29-24(13-17)33(6)25(34)35-26(3,4)5/h7-16H,27-28H2,1-6H3,(H,31,32)/b18-14+,22-12+. The minimum absolute atomic E-state index is 0.247. The number of nitrogens with zero attached hydrogens (tertiary/aromatic N) is 4.